The second-order valence-corrected chi connectivity index (χ2v) is 3.72. The number of carboxylic acid groups (broad SMARTS) is 4. The van der Waals surface area contributed by atoms with Crippen LogP contribution in [0.5, 0.6) is 0 Å². The van der Waals surface area contributed by atoms with Crippen molar-refractivity contribution in [2.75, 3.05) is 0 Å². The molecule has 0 aromatic heterocycles. The summed E-state index contributed by atoms with van der Waals surface area (Å²) in [6, 6.07) is -2.34. The average Bonchev–Trinajstić information content (AvgIpc) is 2.33. The van der Waals surface area contributed by atoms with E-state index in [1.807, 2.05) is 0 Å². The Labute approximate surface area is 152 Å². The Kier molecular flexibility index (Phi) is 21.7. The van der Waals surface area contributed by atoms with E-state index in [4.69, 9.17) is 21.7 Å². The zero-order chi connectivity index (χ0) is 16.3. The van der Waals surface area contributed by atoms with Crippen LogP contribution in [0.25, 0.3) is 0 Å². The Morgan fingerprint density at radius 2 is 1.05 bits per heavy atom. The number of carbonyl (C=O) groups is 4. The Bertz CT molecular complexity index is 335. The van der Waals surface area contributed by atoms with Gasteiger partial charge in [-0.15, -0.1) is 17.0 Å². The Morgan fingerprint density at radius 3 is 1.18 bits per heavy atom. The molecule has 12 heteroatoms. The first-order valence-corrected chi connectivity index (χ1v) is 5.44. The van der Waals surface area contributed by atoms with Gasteiger partial charge in [-0.25, -0.2) is 0 Å². The van der Waals surface area contributed by atoms with E-state index in [1.54, 1.807) is 0 Å². The molecule has 0 saturated carbocycles. The Hall–Kier alpha value is -0.954. The number of hydrogen-bond acceptors (Lipinski definition) is 8. The molecule has 6 N–H and O–H groups in total. The average molecular weight is 397 g/mol. The minimum absolute atomic E-state index is 0. The van der Waals surface area contributed by atoms with Gasteiger partial charge in [-0.05, 0) is 12.8 Å². The van der Waals surface area contributed by atoms with E-state index in [2.05, 4.69) is 0 Å². The number of carbonyl (C=O) groups excluding carboxylic acids is 2. The molecule has 0 unspecified atom stereocenters. The molecule has 0 rings (SSSR count). The van der Waals surface area contributed by atoms with Gasteiger partial charge in [-0.3, -0.25) is 9.59 Å². The summed E-state index contributed by atoms with van der Waals surface area (Å²) < 4.78 is 0. The van der Waals surface area contributed by atoms with E-state index in [1.165, 1.54) is 0 Å². The number of aliphatic carboxylic acids is 4. The van der Waals surface area contributed by atoms with Gasteiger partial charge in [0.25, 0.3) is 0 Å². The second-order valence-electron chi connectivity index (χ2n) is 3.72. The van der Waals surface area contributed by atoms with Gasteiger partial charge in [0.1, 0.15) is 0 Å². The zero-order valence-electron chi connectivity index (χ0n) is 11.6. The van der Waals surface area contributed by atoms with Crippen molar-refractivity contribution < 1.29 is 39.6 Å². The van der Waals surface area contributed by atoms with Crippen LogP contribution in [0, 0.1) is 0 Å². The molecule has 0 heterocycles. The molecule has 0 radical (unpaired) electrons. The molecular weight excluding hydrogens is 380 g/mol. The maximum Gasteiger partial charge on any atom is 2.00 e. The van der Waals surface area contributed by atoms with Crippen LogP contribution in [0.2, 0.25) is 0 Å². The van der Waals surface area contributed by atoms with Crippen LogP contribution < -0.4 is 21.7 Å². The largest absolute Gasteiger partial charge is 2.00 e. The molecule has 0 bridgehead atoms. The van der Waals surface area contributed by atoms with E-state index in [9.17, 15) is 29.4 Å². The number of nitrogens with two attached hydrogens (primary N) is 2. The van der Waals surface area contributed by atoms with E-state index < -0.39 is 36.0 Å². The SMILES string of the molecule is Br.N[C@@H](CCC(=O)O)C(=O)[O-].N[C@@H](CCC(=O)O)C(=O)[O-].[Mg+2]. The quantitative estimate of drug-likeness (QED) is 0.292. The summed E-state index contributed by atoms with van der Waals surface area (Å²) in [5.41, 5.74) is 9.88. The molecule has 0 saturated heterocycles. The van der Waals surface area contributed by atoms with Crippen LogP contribution in [0.15, 0.2) is 0 Å². The van der Waals surface area contributed by atoms with Gasteiger partial charge in [0, 0.05) is 24.9 Å². The summed E-state index contributed by atoms with van der Waals surface area (Å²) >= 11 is 0. The summed E-state index contributed by atoms with van der Waals surface area (Å²) in [6.45, 7) is 0. The van der Waals surface area contributed by atoms with Crippen molar-refractivity contribution >= 4 is 63.9 Å². The third-order valence-electron chi connectivity index (χ3n) is 1.94. The van der Waals surface area contributed by atoms with E-state index >= 15 is 0 Å². The van der Waals surface area contributed by atoms with Crippen molar-refractivity contribution in [3.63, 3.8) is 0 Å². The van der Waals surface area contributed by atoms with Gasteiger partial charge in [-0.1, -0.05) is 0 Å². The van der Waals surface area contributed by atoms with Gasteiger partial charge in [0.2, 0.25) is 0 Å². The first-order chi connectivity index (χ1) is 9.07. The molecule has 0 spiro atoms. The first-order valence-electron chi connectivity index (χ1n) is 5.44. The van der Waals surface area contributed by atoms with Crippen LogP contribution in [-0.4, -0.2) is 69.2 Å². The topological polar surface area (TPSA) is 207 Å². The monoisotopic (exact) mass is 396 g/mol. The molecular formula is C10H17BrMgN2O8. The Balaban J connectivity index is -0.000000135. The number of hydrogen-bond donors (Lipinski definition) is 4. The summed E-state index contributed by atoms with van der Waals surface area (Å²) in [5.74, 6) is -4.95. The van der Waals surface area contributed by atoms with Crippen LogP contribution in [0.4, 0.5) is 0 Å². The predicted octanol–water partition coefficient (Wildman–Crippen LogP) is -3.95. The smallest absolute Gasteiger partial charge is 0.548 e. The summed E-state index contributed by atoms with van der Waals surface area (Å²) in [5, 5.41) is 35.9. The standard InChI is InChI=1S/2C5H9NO4.BrH.Mg/c2*6-3(5(9)10)1-2-4(7)8;;/h2*3H,1-2,6H2,(H,7,8)(H,9,10);1H;/q;;;+2/p-2/t2*3-;;/m00../s1. The van der Waals surface area contributed by atoms with Crippen LogP contribution in [-0.2, 0) is 19.2 Å². The molecule has 0 amide bonds. The normalized spacial score (nSPS) is 11.4. The molecule has 0 aliphatic carbocycles. The van der Waals surface area contributed by atoms with Gasteiger partial charge in [0.05, 0.1) is 11.9 Å². The molecule has 124 valence electrons. The van der Waals surface area contributed by atoms with Crippen molar-refractivity contribution in [2.45, 2.75) is 37.8 Å². The van der Waals surface area contributed by atoms with Gasteiger partial charge >= 0.3 is 35.0 Å². The van der Waals surface area contributed by atoms with Crippen LogP contribution >= 0.6 is 17.0 Å². The third-order valence-corrected chi connectivity index (χ3v) is 1.94. The van der Waals surface area contributed by atoms with Gasteiger partial charge < -0.3 is 41.5 Å². The molecule has 0 fully saturated rings. The summed E-state index contributed by atoms with van der Waals surface area (Å²) in [7, 11) is 0. The fourth-order valence-corrected chi connectivity index (χ4v) is 0.794. The zero-order valence-corrected chi connectivity index (χ0v) is 14.7. The third kappa shape index (κ3) is 21.3. The fourth-order valence-electron chi connectivity index (χ4n) is 0.794. The number of carboxylic acids is 4. The molecule has 2 atom stereocenters. The summed E-state index contributed by atoms with van der Waals surface area (Å²) in [6.07, 6.45) is -0.653. The molecule has 0 aliphatic rings. The fraction of sp³-hybridized carbons (Fsp3) is 0.600. The Morgan fingerprint density at radius 1 is 0.818 bits per heavy atom. The van der Waals surface area contributed by atoms with E-state index in [0.717, 1.165) is 0 Å². The van der Waals surface area contributed by atoms with Gasteiger partial charge in [0.15, 0.2) is 0 Å². The molecule has 10 nitrogen and oxygen atoms in total. The first kappa shape index (κ1) is 29.1. The van der Waals surface area contributed by atoms with E-state index in [-0.39, 0.29) is 65.7 Å². The van der Waals surface area contributed by atoms with Crippen molar-refractivity contribution in [3.8, 4) is 0 Å². The second kappa shape index (κ2) is 16.4. The van der Waals surface area contributed by atoms with Crippen molar-refractivity contribution in [3.05, 3.63) is 0 Å². The number of rotatable bonds is 8. The predicted molar refractivity (Wildman–Crippen MR) is 75.8 cm³/mol. The summed E-state index contributed by atoms with van der Waals surface area (Å²) in [4.78, 5) is 39.5. The number of halogens is 1. The minimum Gasteiger partial charge on any atom is -0.548 e. The maximum absolute atomic E-state index is 9.88. The molecule has 0 aliphatic heterocycles. The van der Waals surface area contributed by atoms with Crippen LogP contribution in [0.3, 0.4) is 0 Å². The molecule has 0 aromatic carbocycles. The molecule has 22 heavy (non-hydrogen) atoms. The maximum atomic E-state index is 9.88. The van der Waals surface area contributed by atoms with Crippen molar-refractivity contribution in [1.82, 2.24) is 0 Å². The van der Waals surface area contributed by atoms with Gasteiger partial charge in [-0.2, -0.15) is 0 Å². The van der Waals surface area contributed by atoms with Crippen molar-refractivity contribution in [1.29, 1.82) is 0 Å². The minimum atomic E-state index is -1.42. The van der Waals surface area contributed by atoms with E-state index in [0.29, 0.717) is 0 Å². The van der Waals surface area contributed by atoms with Crippen molar-refractivity contribution in [2.24, 2.45) is 11.5 Å². The van der Waals surface area contributed by atoms with Crippen LogP contribution in [0.1, 0.15) is 25.7 Å². The molecule has 0 aromatic rings.